The Balaban J connectivity index is 1.50. The number of benzene rings is 2. The zero-order chi connectivity index (χ0) is 21.1. The Morgan fingerprint density at radius 3 is 2.53 bits per heavy atom. The smallest absolute Gasteiger partial charge is 0.337 e. The van der Waals surface area contributed by atoms with Crippen LogP contribution in [0.15, 0.2) is 66.0 Å². The number of thiophene rings is 1. The Morgan fingerprint density at radius 2 is 1.87 bits per heavy atom. The van der Waals surface area contributed by atoms with Crippen LogP contribution in [0.25, 0.3) is 0 Å². The van der Waals surface area contributed by atoms with E-state index in [4.69, 9.17) is 0 Å². The van der Waals surface area contributed by atoms with Crippen LogP contribution >= 0.6 is 11.3 Å². The number of carbonyl (C=O) groups excluding carboxylic acids is 3. The summed E-state index contributed by atoms with van der Waals surface area (Å²) in [6.45, 7) is 0.485. The molecule has 1 aliphatic heterocycles. The highest BCUT2D eigenvalue weighted by molar-refractivity contribution is 7.10. The molecule has 30 heavy (non-hydrogen) atoms. The maximum Gasteiger partial charge on any atom is 0.337 e. The summed E-state index contributed by atoms with van der Waals surface area (Å²) in [5.41, 5.74) is 2.65. The summed E-state index contributed by atoms with van der Waals surface area (Å²) in [4.78, 5) is 40.0. The van der Waals surface area contributed by atoms with Crippen LogP contribution < -0.4 is 5.32 Å². The number of esters is 1. The van der Waals surface area contributed by atoms with Gasteiger partial charge in [0.1, 0.15) is 0 Å². The summed E-state index contributed by atoms with van der Waals surface area (Å²) < 4.78 is 4.68. The Morgan fingerprint density at radius 1 is 1.10 bits per heavy atom. The Bertz CT molecular complexity index is 1080. The van der Waals surface area contributed by atoms with Crippen LogP contribution in [0, 0.1) is 0 Å². The lowest BCUT2D eigenvalue weighted by molar-refractivity contribution is -0.117. The van der Waals surface area contributed by atoms with Gasteiger partial charge in [-0.05, 0) is 47.3 Å². The van der Waals surface area contributed by atoms with Gasteiger partial charge in [-0.1, -0.05) is 24.3 Å². The lowest BCUT2D eigenvalue weighted by atomic mass is 10.1. The second-order valence-electron chi connectivity index (χ2n) is 6.94. The molecule has 2 amide bonds. The van der Waals surface area contributed by atoms with E-state index in [1.54, 1.807) is 29.2 Å². The molecule has 2 heterocycles. The molecule has 152 valence electrons. The summed E-state index contributed by atoms with van der Waals surface area (Å²) >= 11 is 1.53. The van der Waals surface area contributed by atoms with Gasteiger partial charge in [0.05, 0.1) is 25.1 Å². The van der Waals surface area contributed by atoms with Gasteiger partial charge < -0.3 is 15.0 Å². The second kappa shape index (κ2) is 8.51. The Kier molecular flexibility index (Phi) is 5.63. The fraction of sp³-hybridized carbons (Fsp3) is 0.174. The minimum Gasteiger partial charge on any atom is -0.465 e. The SMILES string of the molecule is COC(=O)c1ccc(NC(=O)C[C@@H](c2cccs2)N2Cc3ccccc3C2=O)cc1. The number of fused-ring (bicyclic) bond motifs is 1. The highest BCUT2D eigenvalue weighted by atomic mass is 32.1. The van der Waals surface area contributed by atoms with E-state index in [1.165, 1.54) is 18.4 Å². The first-order valence-corrected chi connectivity index (χ1v) is 10.4. The Labute approximate surface area is 178 Å². The molecule has 0 unspecified atom stereocenters. The lowest BCUT2D eigenvalue weighted by Gasteiger charge is -2.26. The number of rotatable bonds is 6. The van der Waals surface area contributed by atoms with Crippen molar-refractivity contribution in [3.63, 3.8) is 0 Å². The number of carbonyl (C=O) groups is 3. The highest BCUT2D eigenvalue weighted by Gasteiger charge is 2.34. The third kappa shape index (κ3) is 3.97. The van der Waals surface area contributed by atoms with Gasteiger partial charge in [0, 0.05) is 22.7 Å². The van der Waals surface area contributed by atoms with Gasteiger partial charge >= 0.3 is 5.97 Å². The van der Waals surface area contributed by atoms with Gasteiger partial charge in [-0.25, -0.2) is 4.79 Å². The van der Waals surface area contributed by atoms with Crippen LogP contribution in [0.3, 0.4) is 0 Å². The molecule has 7 heteroatoms. The molecule has 0 fully saturated rings. The molecule has 2 aromatic carbocycles. The maximum absolute atomic E-state index is 13.0. The largest absolute Gasteiger partial charge is 0.465 e. The van der Waals surface area contributed by atoms with Gasteiger partial charge in [0.25, 0.3) is 5.91 Å². The predicted octanol–water partition coefficient (Wildman–Crippen LogP) is 4.26. The number of anilines is 1. The molecule has 1 aliphatic rings. The van der Waals surface area contributed by atoms with Crippen molar-refractivity contribution < 1.29 is 19.1 Å². The van der Waals surface area contributed by atoms with Crippen LogP contribution in [-0.4, -0.2) is 29.8 Å². The van der Waals surface area contributed by atoms with Crippen LogP contribution in [0.1, 0.15) is 43.6 Å². The lowest BCUT2D eigenvalue weighted by Crippen LogP contribution is -2.31. The monoisotopic (exact) mass is 420 g/mol. The molecule has 0 spiro atoms. The van der Waals surface area contributed by atoms with E-state index < -0.39 is 5.97 Å². The quantitative estimate of drug-likeness (QED) is 0.605. The van der Waals surface area contributed by atoms with Crippen molar-refractivity contribution in [2.75, 3.05) is 12.4 Å². The fourth-order valence-corrected chi connectivity index (χ4v) is 4.41. The average molecular weight is 420 g/mol. The molecular formula is C23H20N2O4S. The number of hydrogen-bond donors (Lipinski definition) is 1. The zero-order valence-corrected chi connectivity index (χ0v) is 17.1. The molecule has 1 atom stereocenters. The highest BCUT2D eigenvalue weighted by Crippen LogP contribution is 2.35. The van der Waals surface area contributed by atoms with E-state index in [0.717, 1.165) is 10.4 Å². The first-order valence-electron chi connectivity index (χ1n) is 9.47. The molecular weight excluding hydrogens is 400 g/mol. The van der Waals surface area contributed by atoms with Crippen molar-refractivity contribution in [3.8, 4) is 0 Å². The molecule has 6 nitrogen and oxygen atoms in total. The first kappa shape index (κ1) is 19.8. The number of amides is 2. The van der Waals surface area contributed by atoms with Gasteiger partial charge in [-0.2, -0.15) is 0 Å². The summed E-state index contributed by atoms with van der Waals surface area (Å²) in [5, 5.41) is 4.80. The van der Waals surface area contributed by atoms with E-state index in [9.17, 15) is 14.4 Å². The number of nitrogens with zero attached hydrogens (tertiary/aromatic N) is 1. The molecule has 0 radical (unpaired) electrons. The van der Waals surface area contributed by atoms with Crippen molar-refractivity contribution >= 4 is 34.8 Å². The molecule has 0 bridgehead atoms. The minimum atomic E-state index is -0.433. The summed E-state index contributed by atoms with van der Waals surface area (Å²) in [6.07, 6.45) is 0.138. The average Bonchev–Trinajstić information content (AvgIpc) is 3.41. The molecule has 0 aliphatic carbocycles. The van der Waals surface area contributed by atoms with Crippen LogP contribution in [-0.2, 0) is 16.1 Å². The van der Waals surface area contributed by atoms with Gasteiger partial charge in [0.2, 0.25) is 5.91 Å². The van der Waals surface area contributed by atoms with E-state index >= 15 is 0 Å². The molecule has 1 N–H and O–H groups in total. The molecule has 4 rings (SSSR count). The number of methoxy groups -OCH3 is 1. The minimum absolute atomic E-state index is 0.0563. The van der Waals surface area contributed by atoms with Crippen molar-refractivity contribution in [3.05, 3.63) is 87.6 Å². The van der Waals surface area contributed by atoms with Crippen LogP contribution in [0.5, 0.6) is 0 Å². The van der Waals surface area contributed by atoms with Crippen LogP contribution in [0.4, 0.5) is 5.69 Å². The third-order valence-electron chi connectivity index (χ3n) is 5.07. The van der Waals surface area contributed by atoms with Gasteiger partial charge in [-0.3, -0.25) is 9.59 Å². The van der Waals surface area contributed by atoms with E-state index in [2.05, 4.69) is 10.1 Å². The summed E-state index contributed by atoms with van der Waals surface area (Å²) in [7, 11) is 1.32. The van der Waals surface area contributed by atoms with E-state index in [1.807, 2.05) is 41.8 Å². The standard InChI is InChI=1S/C23H20N2O4S/c1-29-23(28)15-8-10-17(11-9-15)24-21(26)13-19(20-7-4-12-30-20)25-14-16-5-2-3-6-18(16)22(25)27/h2-12,19H,13-14H2,1H3,(H,24,26)/t19-/m0/s1. The maximum atomic E-state index is 13.0. The fourth-order valence-electron chi connectivity index (χ4n) is 3.57. The third-order valence-corrected chi connectivity index (χ3v) is 6.04. The topological polar surface area (TPSA) is 75.7 Å². The predicted molar refractivity (Wildman–Crippen MR) is 114 cm³/mol. The summed E-state index contributed by atoms with van der Waals surface area (Å²) in [5.74, 6) is -0.694. The van der Waals surface area contributed by atoms with Gasteiger partial charge in [0.15, 0.2) is 0 Å². The van der Waals surface area contributed by atoms with Crippen molar-refractivity contribution in [1.82, 2.24) is 4.90 Å². The van der Waals surface area contributed by atoms with Crippen molar-refractivity contribution in [1.29, 1.82) is 0 Å². The van der Waals surface area contributed by atoms with E-state index in [-0.39, 0.29) is 24.3 Å². The van der Waals surface area contributed by atoms with E-state index in [0.29, 0.717) is 23.4 Å². The zero-order valence-electron chi connectivity index (χ0n) is 16.3. The Hall–Kier alpha value is -3.45. The van der Waals surface area contributed by atoms with Crippen molar-refractivity contribution in [2.45, 2.75) is 19.0 Å². The number of nitrogens with one attached hydrogen (secondary N) is 1. The van der Waals surface area contributed by atoms with Gasteiger partial charge in [-0.15, -0.1) is 11.3 Å². The molecule has 0 saturated heterocycles. The van der Waals surface area contributed by atoms with Crippen molar-refractivity contribution in [2.24, 2.45) is 0 Å². The second-order valence-corrected chi connectivity index (χ2v) is 7.92. The number of hydrogen-bond acceptors (Lipinski definition) is 5. The molecule has 1 aromatic heterocycles. The summed E-state index contributed by atoms with van der Waals surface area (Å²) in [6, 6.07) is 17.6. The molecule has 3 aromatic rings. The molecule has 0 saturated carbocycles. The number of ether oxygens (including phenoxy) is 1. The van der Waals surface area contributed by atoms with Crippen LogP contribution in [0.2, 0.25) is 0 Å². The normalized spacial score (nSPS) is 13.6. The first-order chi connectivity index (χ1) is 14.6.